The summed E-state index contributed by atoms with van der Waals surface area (Å²) in [4.78, 5) is 24.9. The highest BCUT2D eigenvalue weighted by molar-refractivity contribution is 5.93. The summed E-state index contributed by atoms with van der Waals surface area (Å²) in [5.41, 5.74) is 0.587. The van der Waals surface area contributed by atoms with Crippen LogP contribution >= 0.6 is 0 Å². The van der Waals surface area contributed by atoms with E-state index in [1.165, 1.54) is 6.42 Å². The number of hydrogen-bond acceptors (Lipinski definition) is 5. The Labute approximate surface area is 118 Å². The van der Waals surface area contributed by atoms with E-state index in [1.807, 2.05) is 4.90 Å². The fourth-order valence-corrected chi connectivity index (χ4v) is 2.64. The molecule has 0 bridgehead atoms. The Morgan fingerprint density at radius 1 is 1.00 bits per heavy atom. The molecule has 3 heterocycles. The lowest BCUT2D eigenvalue weighted by Gasteiger charge is -2.28. The topological polar surface area (TPSA) is 58.6 Å². The lowest BCUT2D eigenvalue weighted by molar-refractivity contribution is 0.0723. The van der Waals surface area contributed by atoms with Crippen molar-refractivity contribution in [2.45, 2.75) is 19.3 Å². The van der Waals surface area contributed by atoms with E-state index in [2.05, 4.69) is 14.9 Å². The molecule has 2 aliphatic heterocycles. The number of rotatable bonds is 2. The minimum Gasteiger partial charge on any atom is -0.378 e. The monoisotopic (exact) mass is 276 g/mol. The van der Waals surface area contributed by atoms with Gasteiger partial charge in [0.25, 0.3) is 5.91 Å². The number of morpholine rings is 1. The highest BCUT2D eigenvalue weighted by Gasteiger charge is 2.20. The zero-order chi connectivity index (χ0) is 13.8. The minimum atomic E-state index is 0.0539. The first-order valence-corrected chi connectivity index (χ1v) is 7.28. The second kappa shape index (κ2) is 6.17. The molecule has 108 valence electrons. The molecule has 6 nitrogen and oxygen atoms in total. The third-order valence-corrected chi connectivity index (χ3v) is 3.82. The quantitative estimate of drug-likeness (QED) is 0.804. The Morgan fingerprint density at radius 2 is 1.65 bits per heavy atom. The highest BCUT2D eigenvalue weighted by Crippen LogP contribution is 2.14. The van der Waals surface area contributed by atoms with E-state index in [9.17, 15) is 4.79 Å². The molecular formula is C14H20N4O2. The second-order valence-electron chi connectivity index (χ2n) is 5.22. The Hall–Kier alpha value is -1.69. The van der Waals surface area contributed by atoms with Crippen LogP contribution in [-0.4, -0.2) is 60.2 Å². The Kier molecular flexibility index (Phi) is 4.11. The summed E-state index contributed by atoms with van der Waals surface area (Å²) in [6.07, 6.45) is 6.70. The second-order valence-corrected chi connectivity index (χ2v) is 5.22. The van der Waals surface area contributed by atoms with Crippen LogP contribution in [0.5, 0.6) is 0 Å². The Balaban J connectivity index is 1.67. The molecule has 2 aliphatic rings. The van der Waals surface area contributed by atoms with Crippen molar-refractivity contribution in [3.05, 3.63) is 18.0 Å². The SMILES string of the molecule is O=C(c1cnc(N2CCOCC2)nc1)N1CCCCC1. The van der Waals surface area contributed by atoms with Gasteiger partial charge in [0.2, 0.25) is 5.95 Å². The summed E-state index contributed by atoms with van der Waals surface area (Å²) in [6, 6.07) is 0. The van der Waals surface area contributed by atoms with Crippen LogP contribution in [0.1, 0.15) is 29.6 Å². The number of piperidine rings is 1. The molecule has 0 aromatic carbocycles. The normalized spacial score (nSPS) is 20.0. The van der Waals surface area contributed by atoms with E-state index in [4.69, 9.17) is 4.74 Å². The van der Waals surface area contributed by atoms with Gasteiger partial charge in [-0.1, -0.05) is 0 Å². The number of carbonyl (C=O) groups is 1. The lowest BCUT2D eigenvalue weighted by atomic mass is 10.1. The first kappa shape index (κ1) is 13.3. The molecule has 1 aromatic heterocycles. The van der Waals surface area contributed by atoms with Crippen LogP contribution in [0.4, 0.5) is 5.95 Å². The van der Waals surface area contributed by atoms with E-state index >= 15 is 0 Å². The fraction of sp³-hybridized carbons (Fsp3) is 0.643. The number of carbonyl (C=O) groups excluding carboxylic acids is 1. The summed E-state index contributed by atoms with van der Waals surface area (Å²) < 4.78 is 5.30. The van der Waals surface area contributed by atoms with Gasteiger partial charge in [0.05, 0.1) is 18.8 Å². The Morgan fingerprint density at radius 3 is 2.30 bits per heavy atom. The number of ether oxygens (including phenoxy) is 1. The molecule has 1 aromatic rings. The summed E-state index contributed by atoms with van der Waals surface area (Å²) in [7, 11) is 0. The number of hydrogen-bond donors (Lipinski definition) is 0. The highest BCUT2D eigenvalue weighted by atomic mass is 16.5. The molecule has 20 heavy (non-hydrogen) atoms. The molecule has 0 N–H and O–H groups in total. The predicted molar refractivity (Wildman–Crippen MR) is 74.8 cm³/mol. The van der Waals surface area contributed by atoms with E-state index < -0.39 is 0 Å². The van der Waals surface area contributed by atoms with Crippen molar-refractivity contribution < 1.29 is 9.53 Å². The van der Waals surface area contributed by atoms with Crippen LogP contribution in [0.3, 0.4) is 0 Å². The van der Waals surface area contributed by atoms with Crippen LogP contribution in [0.25, 0.3) is 0 Å². The first-order valence-electron chi connectivity index (χ1n) is 7.28. The maximum atomic E-state index is 12.3. The van der Waals surface area contributed by atoms with Crippen molar-refractivity contribution in [1.82, 2.24) is 14.9 Å². The third-order valence-electron chi connectivity index (χ3n) is 3.82. The number of amides is 1. The molecule has 2 saturated heterocycles. The van der Waals surface area contributed by atoms with Crippen LogP contribution in [-0.2, 0) is 4.74 Å². The molecule has 0 unspecified atom stereocenters. The number of likely N-dealkylation sites (tertiary alicyclic amines) is 1. The van der Waals surface area contributed by atoms with Gasteiger partial charge in [-0.3, -0.25) is 4.79 Å². The van der Waals surface area contributed by atoms with Gasteiger partial charge in [-0.25, -0.2) is 9.97 Å². The molecule has 0 saturated carbocycles. The van der Waals surface area contributed by atoms with Gasteiger partial charge in [0, 0.05) is 38.6 Å². The molecule has 1 amide bonds. The summed E-state index contributed by atoms with van der Waals surface area (Å²) >= 11 is 0. The molecular weight excluding hydrogens is 256 g/mol. The van der Waals surface area contributed by atoms with Gasteiger partial charge in [0.1, 0.15) is 0 Å². The molecule has 0 spiro atoms. The van der Waals surface area contributed by atoms with Crippen molar-refractivity contribution in [1.29, 1.82) is 0 Å². The Bertz CT molecular complexity index is 451. The molecule has 3 rings (SSSR count). The van der Waals surface area contributed by atoms with Gasteiger partial charge in [0.15, 0.2) is 0 Å². The molecule has 2 fully saturated rings. The molecule has 6 heteroatoms. The zero-order valence-electron chi connectivity index (χ0n) is 11.6. The maximum Gasteiger partial charge on any atom is 0.256 e. The van der Waals surface area contributed by atoms with E-state index in [0.717, 1.165) is 39.0 Å². The first-order chi connectivity index (χ1) is 9.84. The predicted octanol–water partition coefficient (Wildman–Crippen LogP) is 0.939. The maximum absolute atomic E-state index is 12.3. The van der Waals surface area contributed by atoms with E-state index in [-0.39, 0.29) is 5.91 Å². The van der Waals surface area contributed by atoms with Crippen molar-refractivity contribution in [3.63, 3.8) is 0 Å². The molecule has 0 aliphatic carbocycles. The minimum absolute atomic E-state index is 0.0539. The number of anilines is 1. The van der Waals surface area contributed by atoms with Crippen molar-refractivity contribution >= 4 is 11.9 Å². The molecule has 0 radical (unpaired) electrons. The molecule has 0 atom stereocenters. The standard InChI is InChI=1S/C14H20N4O2/c19-13(17-4-2-1-3-5-17)12-10-15-14(16-11-12)18-6-8-20-9-7-18/h10-11H,1-9H2. The summed E-state index contributed by atoms with van der Waals surface area (Å²) in [6.45, 7) is 4.72. The average molecular weight is 276 g/mol. The van der Waals surface area contributed by atoms with Crippen molar-refractivity contribution in [2.75, 3.05) is 44.3 Å². The summed E-state index contributed by atoms with van der Waals surface area (Å²) in [5, 5.41) is 0. The largest absolute Gasteiger partial charge is 0.378 e. The fourth-order valence-electron chi connectivity index (χ4n) is 2.64. The van der Waals surface area contributed by atoms with Crippen molar-refractivity contribution in [2.24, 2.45) is 0 Å². The van der Waals surface area contributed by atoms with Crippen LogP contribution < -0.4 is 4.90 Å². The van der Waals surface area contributed by atoms with Crippen LogP contribution in [0.15, 0.2) is 12.4 Å². The number of nitrogens with zero attached hydrogens (tertiary/aromatic N) is 4. The van der Waals surface area contributed by atoms with Gasteiger partial charge in [-0.2, -0.15) is 0 Å². The van der Waals surface area contributed by atoms with Crippen molar-refractivity contribution in [3.8, 4) is 0 Å². The van der Waals surface area contributed by atoms with Crippen LogP contribution in [0, 0.1) is 0 Å². The van der Waals surface area contributed by atoms with Gasteiger partial charge >= 0.3 is 0 Å². The van der Waals surface area contributed by atoms with E-state index in [0.29, 0.717) is 24.7 Å². The number of aromatic nitrogens is 2. The van der Waals surface area contributed by atoms with Gasteiger partial charge in [-0.05, 0) is 19.3 Å². The zero-order valence-corrected chi connectivity index (χ0v) is 11.6. The van der Waals surface area contributed by atoms with Crippen LogP contribution in [0.2, 0.25) is 0 Å². The smallest absolute Gasteiger partial charge is 0.256 e. The average Bonchev–Trinajstić information content (AvgIpc) is 2.56. The van der Waals surface area contributed by atoms with E-state index in [1.54, 1.807) is 12.4 Å². The van der Waals surface area contributed by atoms with Gasteiger partial charge < -0.3 is 14.5 Å². The lowest BCUT2D eigenvalue weighted by Crippen LogP contribution is -2.38. The third kappa shape index (κ3) is 2.90. The summed E-state index contributed by atoms with van der Waals surface area (Å²) in [5.74, 6) is 0.738. The van der Waals surface area contributed by atoms with Gasteiger partial charge in [-0.15, -0.1) is 0 Å².